The van der Waals surface area contributed by atoms with Gasteiger partial charge in [-0.15, -0.1) is 0 Å². The van der Waals surface area contributed by atoms with Crippen LogP contribution in [0.3, 0.4) is 0 Å². The van der Waals surface area contributed by atoms with E-state index < -0.39 is 10.0 Å². The van der Waals surface area contributed by atoms with Gasteiger partial charge in [-0.1, -0.05) is 53.6 Å². The highest BCUT2D eigenvalue weighted by Gasteiger charge is 2.31. The van der Waals surface area contributed by atoms with Gasteiger partial charge >= 0.3 is 0 Å². The Morgan fingerprint density at radius 3 is 2.27 bits per heavy atom. The summed E-state index contributed by atoms with van der Waals surface area (Å²) in [5.74, 6) is -0.129. The highest BCUT2D eigenvalue weighted by Crippen LogP contribution is 2.24. The molecule has 0 spiro atoms. The Kier molecular flexibility index (Phi) is 6.98. The highest BCUT2D eigenvalue weighted by atomic mass is 32.2. The molecule has 1 N–H and O–H groups in total. The van der Waals surface area contributed by atoms with Crippen LogP contribution in [0.15, 0.2) is 42.5 Å². The minimum absolute atomic E-state index is 0.00775. The van der Waals surface area contributed by atoms with Crippen molar-refractivity contribution in [2.75, 3.05) is 13.1 Å². The SMILES string of the molecule is Cc1ccc(CS(=O)(=O)N2CCC(C(=O)N[C@@H](C)c3cc(C)ccc3C)CC2)cc1. The second-order valence-electron chi connectivity index (χ2n) is 8.51. The van der Waals surface area contributed by atoms with Crippen LogP contribution in [-0.2, 0) is 20.6 Å². The third-order valence-electron chi connectivity index (χ3n) is 5.95. The molecule has 1 amide bonds. The molecule has 0 saturated carbocycles. The molecular weight excluding hydrogens is 396 g/mol. The maximum Gasteiger partial charge on any atom is 0.223 e. The Bertz CT molecular complexity index is 992. The first-order valence-corrected chi connectivity index (χ1v) is 12.2. The number of rotatable bonds is 6. The van der Waals surface area contributed by atoms with Crippen molar-refractivity contribution < 1.29 is 13.2 Å². The highest BCUT2D eigenvalue weighted by molar-refractivity contribution is 7.88. The van der Waals surface area contributed by atoms with Gasteiger partial charge in [0, 0.05) is 19.0 Å². The molecule has 0 unspecified atom stereocenters. The first-order chi connectivity index (χ1) is 14.2. The van der Waals surface area contributed by atoms with Gasteiger partial charge in [0.05, 0.1) is 11.8 Å². The molecule has 1 heterocycles. The smallest absolute Gasteiger partial charge is 0.223 e. The van der Waals surface area contributed by atoms with Crippen LogP contribution >= 0.6 is 0 Å². The molecule has 0 aliphatic carbocycles. The maximum atomic E-state index is 12.8. The minimum atomic E-state index is -3.37. The van der Waals surface area contributed by atoms with E-state index in [1.807, 2.05) is 45.0 Å². The van der Waals surface area contributed by atoms with Crippen LogP contribution in [0.1, 0.15) is 53.6 Å². The van der Waals surface area contributed by atoms with Gasteiger partial charge in [0.15, 0.2) is 0 Å². The average molecular weight is 429 g/mol. The fraction of sp³-hybridized carbons (Fsp3) is 0.458. The molecular formula is C24H32N2O3S. The summed E-state index contributed by atoms with van der Waals surface area (Å²) in [5.41, 5.74) is 5.36. The second-order valence-corrected chi connectivity index (χ2v) is 10.5. The number of nitrogens with one attached hydrogen (secondary N) is 1. The molecule has 2 aromatic rings. The zero-order chi connectivity index (χ0) is 21.9. The van der Waals surface area contributed by atoms with Crippen LogP contribution in [0.4, 0.5) is 0 Å². The first kappa shape index (κ1) is 22.5. The molecule has 1 aliphatic rings. The quantitative estimate of drug-likeness (QED) is 0.755. The van der Waals surface area contributed by atoms with E-state index in [2.05, 4.69) is 30.4 Å². The molecule has 162 valence electrons. The van der Waals surface area contributed by atoms with E-state index in [-0.39, 0.29) is 23.6 Å². The van der Waals surface area contributed by atoms with Crippen molar-refractivity contribution in [3.63, 3.8) is 0 Å². The topological polar surface area (TPSA) is 66.5 Å². The summed E-state index contributed by atoms with van der Waals surface area (Å²) in [6, 6.07) is 13.8. The number of carbonyl (C=O) groups is 1. The molecule has 2 aromatic carbocycles. The molecule has 1 atom stereocenters. The summed E-state index contributed by atoms with van der Waals surface area (Å²) in [6.45, 7) is 8.86. The molecule has 0 bridgehead atoms. The molecule has 6 heteroatoms. The van der Waals surface area contributed by atoms with Gasteiger partial charge in [-0.25, -0.2) is 12.7 Å². The van der Waals surface area contributed by atoms with Gasteiger partial charge in [0.25, 0.3) is 0 Å². The van der Waals surface area contributed by atoms with Crippen molar-refractivity contribution in [1.82, 2.24) is 9.62 Å². The van der Waals surface area contributed by atoms with Gasteiger partial charge in [-0.3, -0.25) is 4.79 Å². The van der Waals surface area contributed by atoms with Crippen molar-refractivity contribution in [2.45, 2.75) is 52.3 Å². The number of benzene rings is 2. The molecule has 5 nitrogen and oxygen atoms in total. The number of carbonyl (C=O) groups excluding carboxylic acids is 1. The van der Waals surface area contributed by atoms with Crippen LogP contribution in [0.25, 0.3) is 0 Å². The summed E-state index contributed by atoms with van der Waals surface area (Å²) in [6.07, 6.45) is 1.11. The molecule has 3 rings (SSSR count). The Labute approximate surface area is 180 Å². The van der Waals surface area contributed by atoms with Crippen LogP contribution in [0, 0.1) is 26.7 Å². The molecule has 1 aliphatic heterocycles. The Hall–Kier alpha value is -2.18. The van der Waals surface area contributed by atoms with Gasteiger partial charge in [-0.2, -0.15) is 0 Å². The standard InChI is InChI=1S/C24H32N2O3S/c1-17-6-9-21(10-7-17)16-30(28,29)26-13-11-22(12-14-26)24(27)25-20(4)23-15-18(2)5-8-19(23)3/h5-10,15,20,22H,11-14,16H2,1-4H3,(H,25,27)/t20-/m0/s1. The number of sulfonamides is 1. The first-order valence-electron chi connectivity index (χ1n) is 10.6. The molecule has 30 heavy (non-hydrogen) atoms. The van der Waals surface area contributed by atoms with Gasteiger partial charge in [0.2, 0.25) is 15.9 Å². The van der Waals surface area contributed by atoms with Crippen molar-refractivity contribution in [2.24, 2.45) is 5.92 Å². The van der Waals surface area contributed by atoms with Crippen LogP contribution < -0.4 is 5.32 Å². The van der Waals surface area contributed by atoms with E-state index >= 15 is 0 Å². The van der Waals surface area contributed by atoms with Gasteiger partial charge in [0.1, 0.15) is 0 Å². The summed E-state index contributed by atoms with van der Waals surface area (Å²) in [5, 5.41) is 3.13. The van der Waals surface area contributed by atoms with E-state index in [1.54, 1.807) is 0 Å². The van der Waals surface area contributed by atoms with Gasteiger partial charge in [-0.05, 0) is 57.2 Å². The summed E-state index contributed by atoms with van der Waals surface area (Å²) < 4.78 is 27.1. The number of amides is 1. The number of hydrogen-bond acceptors (Lipinski definition) is 3. The number of nitrogens with zero attached hydrogens (tertiary/aromatic N) is 1. The zero-order valence-corrected chi connectivity index (χ0v) is 19.1. The lowest BCUT2D eigenvalue weighted by molar-refractivity contribution is -0.126. The van der Waals surface area contributed by atoms with E-state index in [1.165, 1.54) is 9.87 Å². The van der Waals surface area contributed by atoms with Crippen molar-refractivity contribution in [3.8, 4) is 0 Å². The molecule has 0 aromatic heterocycles. The third kappa shape index (κ3) is 5.49. The Balaban J connectivity index is 1.56. The largest absolute Gasteiger partial charge is 0.349 e. The predicted octanol–water partition coefficient (Wildman–Crippen LogP) is 4.03. The molecule has 1 saturated heterocycles. The van der Waals surface area contributed by atoms with E-state index in [0.717, 1.165) is 22.3 Å². The van der Waals surface area contributed by atoms with Gasteiger partial charge < -0.3 is 5.32 Å². The van der Waals surface area contributed by atoms with Crippen LogP contribution in [0.5, 0.6) is 0 Å². The lowest BCUT2D eigenvalue weighted by Crippen LogP contribution is -2.43. The fourth-order valence-electron chi connectivity index (χ4n) is 4.02. The van der Waals surface area contributed by atoms with Crippen LogP contribution in [0.2, 0.25) is 0 Å². The van der Waals surface area contributed by atoms with Crippen molar-refractivity contribution >= 4 is 15.9 Å². The number of hydrogen-bond donors (Lipinski definition) is 1. The van der Waals surface area contributed by atoms with E-state index in [0.29, 0.717) is 25.9 Å². The predicted molar refractivity (Wildman–Crippen MR) is 121 cm³/mol. The average Bonchev–Trinajstić information content (AvgIpc) is 2.71. The molecule has 0 radical (unpaired) electrons. The normalized spacial score (nSPS) is 16.9. The number of piperidine rings is 1. The fourth-order valence-corrected chi connectivity index (χ4v) is 5.58. The summed E-state index contributed by atoms with van der Waals surface area (Å²) in [7, 11) is -3.37. The van der Waals surface area contributed by atoms with E-state index in [9.17, 15) is 13.2 Å². The Morgan fingerprint density at radius 1 is 1.03 bits per heavy atom. The zero-order valence-electron chi connectivity index (χ0n) is 18.3. The third-order valence-corrected chi connectivity index (χ3v) is 7.80. The lowest BCUT2D eigenvalue weighted by atomic mass is 9.95. The van der Waals surface area contributed by atoms with Crippen molar-refractivity contribution in [1.29, 1.82) is 0 Å². The Morgan fingerprint density at radius 2 is 1.63 bits per heavy atom. The lowest BCUT2D eigenvalue weighted by Gasteiger charge is -2.31. The summed E-state index contributed by atoms with van der Waals surface area (Å²) in [4.78, 5) is 12.8. The minimum Gasteiger partial charge on any atom is -0.349 e. The number of aryl methyl sites for hydroxylation is 3. The maximum absolute atomic E-state index is 12.8. The van der Waals surface area contributed by atoms with Crippen LogP contribution in [-0.4, -0.2) is 31.7 Å². The monoisotopic (exact) mass is 428 g/mol. The van der Waals surface area contributed by atoms with E-state index in [4.69, 9.17) is 0 Å². The van der Waals surface area contributed by atoms with Crippen molar-refractivity contribution in [3.05, 3.63) is 70.3 Å². The second kappa shape index (κ2) is 9.31. The summed E-state index contributed by atoms with van der Waals surface area (Å²) >= 11 is 0. The molecule has 1 fully saturated rings.